The third-order valence-corrected chi connectivity index (χ3v) is 2.19. The Hall–Kier alpha value is -2.16. The number of rotatable bonds is 3. The number of halogens is 3. The molecule has 0 aliphatic rings. The van der Waals surface area contributed by atoms with E-state index in [-0.39, 0.29) is 5.69 Å². The monoisotopic (exact) mass is 277 g/mol. The van der Waals surface area contributed by atoms with Gasteiger partial charge in [0, 0.05) is 6.07 Å². The van der Waals surface area contributed by atoms with Crippen molar-refractivity contribution in [3.8, 4) is 0 Å². The number of carbonyl (C=O) groups is 1. The molecule has 1 rings (SSSR count). The van der Waals surface area contributed by atoms with E-state index in [0.29, 0.717) is 12.1 Å². The van der Waals surface area contributed by atoms with Crippen molar-refractivity contribution in [2.75, 3.05) is 5.32 Å². The lowest BCUT2D eigenvalue weighted by Crippen LogP contribution is -2.32. The predicted molar refractivity (Wildman–Crippen MR) is 60.4 cm³/mol. The number of hydrogen-bond donors (Lipinski definition) is 2. The highest BCUT2D eigenvalue weighted by Gasteiger charge is 2.33. The Morgan fingerprint density at radius 1 is 1.47 bits per heavy atom. The first-order chi connectivity index (χ1) is 8.62. The predicted octanol–water partition coefficient (Wildman–Crippen LogP) is 1.90. The Kier molecular flexibility index (Phi) is 4.10. The molecule has 1 atom stereocenters. The van der Waals surface area contributed by atoms with E-state index >= 15 is 0 Å². The van der Waals surface area contributed by atoms with Crippen molar-refractivity contribution in [2.24, 2.45) is 5.73 Å². The SMILES string of the molecule is C[C@H](N)C(=O)Nc1ccc(C(F)(F)F)cc1[N+](=O)[O-]. The average Bonchev–Trinajstić information content (AvgIpc) is 2.27. The van der Waals surface area contributed by atoms with Crippen LogP contribution in [-0.2, 0) is 11.0 Å². The molecule has 0 aliphatic carbocycles. The van der Waals surface area contributed by atoms with Gasteiger partial charge in [-0.05, 0) is 19.1 Å². The third-order valence-electron chi connectivity index (χ3n) is 2.19. The van der Waals surface area contributed by atoms with Crippen molar-refractivity contribution in [1.29, 1.82) is 0 Å². The average molecular weight is 277 g/mol. The molecule has 0 spiro atoms. The minimum Gasteiger partial charge on any atom is -0.320 e. The van der Waals surface area contributed by atoms with Crippen LogP contribution in [0.15, 0.2) is 18.2 Å². The summed E-state index contributed by atoms with van der Waals surface area (Å²) >= 11 is 0. The molecule has 0 fully saturated rings. The number of alkyl halides is 3. The number of nitro benzene ring substituents is 1. The first-order valence-electron chi connectivity index (χ1n) is 5.05. The molecular formula is C10H10F3N3O3. The van der Waals surface area contributed by atoms with Gasteiger partial charge in [-0.1, -0.05) is 0 Å². The molecule has 0 aromatic heterocycles. The van der Waals surface area contributed by atoms with Crippen LogP contribution in [0.5, 0.6) is 0 Å². The highest BCUT2D eigenvalue weighted by molar-refractivity contribution is 5.96. The topological polar surface area (TPSA) is 98.3 Å². The van der Waals surface area contributed by atoms with E-state index in [4.69, 9.17) is 5.73 Å². The number of amides is 1. The summed E-state index contributed by atoms with van der Waals surface area (Å²) < 4.78 is 37.3. The Labute approximate surface area is 105 Å². The van der Waals surface area contributed by atoms with Gasteiger partial charge in [0.2, 0.25) is 5.91 Å². The maximum Gasteiger partial charge on any atom is 0.416 e. The van der Waals surface area contributed by atoms with Gasteiger partial charge in [0.1, 0.15) is 5.69 Å². The van der Waals surface area contributed by atoms with Gasteiger partial charge in [-0.2, -0.15) is 13.2 Å². The van der Waals surface area contributed by atoms with Gasteiger partial charge in [0.05, 0.1) is 16.5 Å². The summed E-state index contributed by atoms with van der Waals surface area (Å²) in [5.41, 5.74) is 2.90. The van der Waals surface area contributed by atoms with Crippen LogP contribution in [0, 0.1) is 10.1 Å². The van der Waals surface area contributed by atoms with E-state index in [9.17, 15) is 28.1 Å². The lowest BCUT2D eigenvalue weighted by molar-refractivity contribution is -0.384. The lowest BCUT2D eigenvalue weighted by Gasteiger charge is -2.11. The zero-order valence-corrected chi connectivity index (χ0v) is 9.69. The molecule has 0 saturated heterocycles. The molecule has 0 aliphatic heterocycles. The summed E-state index contributed by atoms with van der Waals surface area (Å²) in [5.74, 6) is -0.733. The highest BCUT2D eigenvalue weighted by Crippen LogP contribution is 2.34. The number of anilines is 1. The van der Waals surface area contributed by atoms with Crippen LogP contribution in [0.25, 0.3) is 0 Å². The van der Waals surface area contributed by atoms with E-state index in [1.54, 1.807) is 0 Å². The summed E-state index contributed by atoms with van der Waals surface area (Å²) in [6, 6.07) is 0.879. The first kappa shape index (κ1) is 14.9. The number of nitrogens with two attached hydrogens (primary N) is 1. The van der Waals surface area contributed by atoms with Crippen molar-refractivity contribution in [1.82, 2.24) is 0 Å². The molecule has 19 heavy (non-hydrogen) atoms. The highest BCUT2D eigenvalue weighted by atomic mass is 19.4. The maximum absolute atomic E-state index is 12.4. The quantitative estimate of drug-likeness (QED) is 0.651. The molecule has 1 aromatic carbocycles. The fraction of sp³-hybridized carbons (Fsp3) is 0.300. The van der Waals surface area contributed by atoms with Crippen molar-refractivity contribution in [3.05, 3.63) is 33.9 Å². The zero-order chi connectivity index (χ0) is 14.8. The normalized spacial score (nSPS) is 12.9. The van der Waals surface area contributed by atoms with E-state index in [1.807, 2.05) is 0 Å². The minimum absolute atomic E-state index is 0.333. The Morgan fingerprint density at radius 3 is 2.47 bits per heavy atom. The van der Waals surface area contributed by atoms with Gasteiger partial charge in [0.15, 0.2) is 0 Å². The van der Waals surface area contributed by atoms with Crippen LogP contribution in [-0.4, -0.2) is 16.9 Å². The van der Waals surface area contributed by atoms with Crippen molar-refractivity contribution < 1.29 is 22.9 Å². The van der Waals surface area contributed by atoms with Crippen molar-refractivity contribution in [2.45, 2.75) is 19.1 Å². The summed E-state index contributed by atoms with van der Waals surface area (Å²) in [7, 11) is 0. The number of hydrogen-bond acceptors (Lipinski definition) is 4. The Morgan fingerprint density at radius 2 is 2.05 bits per heavy atom. The van der Waals surface area contributed by atoms with Crippen LogP contribution in [0.4, 0.5) is 24.5 Å². The van der Waals surface area contributed by atoms with Gasteiger partial charge >= 0.3 is 6.18 Å². The summed E-state index contributed by atoms with van der Waals surface area (Å²) in [6.45, 7) is 1.34. The second kappa shape index (κ2) is 5.22. The molecule has 0 unspecified atom stereocenters. The van der Waals surface area contributed by atoms with Crippen molar-refractivity contribution in [3.63, 3.8) is 0 Å². The number of nitrogens with zero attached hydrogens (tertiary/aromatic N) is 1. The number of nitro groups is 1. The smallest absolute Gasteiger partial charge is 0.320 e. The van der Waals surface area contributed by atoms with Gasteiger partial charge in [-0.3, -0.25) is 14.9 Å². The zero-order valence-electron chi connectivity index (χ0n) is 9.69. The molecule has 6 nitrogen and oxygen atoms in total. The molecule has 0 bridgehead atoms. The summed E-state index contributed by atoms with van der Waals surface area (Å²) in [4.78, 5) is 21.0. The molecule has 9 heteroatoms. The molecule has 1 aromatic rings. The molecule has 104 valence electrons. The van der Waals surface area contributed by atoms with Gasteiger partial charge in [-0.25, -0.2) is 0 Å². The Balaban J connectivity index is 3.20. The van der Waals surface area contributed by atoms with E-state index in [1.165, 1.54) is 6.92 Å². The fourth-order valence-electron chi connectivity index (χ4n) is 1.21. The molecular weight excluding hydrogens is 267 g/mol. The van der Waals surface area contributed by atoms with E-state index in [0.717, 1.165) is 6.07 Å². The molecule has 0 radical (unpaired) electrons. The molecule has 3 N–H and O–H groups in total. The Bertz CT molecular complexity index is 514. The lowest BCUT2D eigenvalue weighted by atomic mass is 10.1. The summed E-state index contributed by atoms with van der Waals surface area (Å²) in [5, 5.41) is 12.8. The number of benzene rings is 1. The number of nitrogens with one attached hydrogen (secondary N) is 1. The largest absolute Gasteiger partial charge is 0.416 e. The van der Waals surface area contributed by atoms with Crippen LogP contribution in [0.2, 0.25) is 0 Å². The van der Waals surface area contributed by atoms with Gasteiger partial charge < -0.3 is 11.1 Å². The van der Waals surface area contributed by atoms with Crippen molar-refractivity contribution >= 4 is 17.3 Å². The number of carbonyl (C=O) groups excluding carboxylic acids is 1. The standard InChI is InChI=1S/C10H10F3N3O3/c1-5(14)9(17)15-7-3-2-6(10(11,12)13)4-8(7)16(18)19/h2-5H,14H2,1H3,(H,15,17)/t5-/m0/s1. The second-order valence-corrected chi connectivity index (χ2v) is 3.76. The van der Waals surface area contributed by atoms with E-state index in [2.05, 4.69) is 5.32 Å². The molecule has 0 saturated carbocycles. The van der Waals surface area contributed by atoms with Gasteiger partial charge in [-0.15, -0.1) is 0 Å². The van der Waals surface area contributed by atoms with Crippen LogP contribution >= 0.6 is 0 Å². The van der Waals surface area contributed by atoms with Crippen LogP contribution in [0.1, 0.15) is 12.5 Å². The second-order valence-electron chi connectivity index (χ2n) is 3.76. The molecule has 0 heterocycles. The minimum atomic E-state index is -4.70. The first-order valence-corrected chi connectivity index (χ1v) is 5.05. The summed E-state index contributed by atoms with van der Waals surface area (Å²) in [6.07, 6.45) is -4.70. The third kappa shape index (κ3) is 3.65. The van der Waals surface area contributed by atoms with Gasteiger partial charge in [0.25, 0.3) is 5.69 Å². The van der Waals surface area contributed by atoms with Crippen LogP contribution < -0.4 is 11.1 Å². The van der Waals surface area contributed by atoms with Crippen LogP contribution in [0.3, 0.4) is 0 Å². The fourth-order valence-corrected chi connectivity index (χ4v) is 1.21. The van der Waals surface area contributed by atoms with E-state index < -0.39 is 34.3 Å². The molecule has 1 amide bonds. The maximum atomic E-state index is 12.4.